The van der Waals surface area contributed by atoms with Crippen LogP contribution in [0.5, 0.6) is 11.8 Å². The molecule has 0 aliphatic carbocycles. The van der Waals surface area contributed by atoms with Crippen LogP contribution >= 0.6 is 11.6 Å². The Morgan fingerprint density at radius 2 is 1.43 bits per heavy atom. The molecule has 6 fully saturated rings. The number of aromatic nitrogens is 3. The van der Waals surface area contributed by atoms with Crippen LogP contribution in [0.1, 0.15) is 135 Å². The third-order valence-electron chi connectivity index (χ3n) is 21.4. The summed E-state index contributed by atoms with van der Waals surface area (Å²) in [6, 6.07) is 9.38. The van der Waals surface area contributed by atoms with Gasteiger partial charge < -0.3 is 43.4 Å². The molecule has 1 N–H and O–H groups in total. The van der Waals surface area contributed by atoms with Crippen LogP contribution < -0.4 is 24.6 Å². The Labute approximate surface area is 563 Å². The Bertz CT molecular complexity index is 3750. The van der Waals surface area contributed by atoms with E-state index in [0.29, 0.717) is 98.4 Å². The summed E-state index contributed by atoms with van der Waals surface area (Å²) >= 11 is 7.05. The molecule has 3 aromatic carbocycles. The fourth-order valence-corrected chi connectivity index (χ4v) is 22.0. The zero-order valence-electron chi connectivity index (χ0n) is 57.0. The molecule has 3 atom stereocenters. The molecule has 0 spiro atoms. The lowest BCUT2D eigenvalue weighted by Crippen LogP contribution is -2.57. The molecular weight excluding hydrogens is 1250 g/mol. The van der Waals surface area contributed by atoms with Gasteiger partial charge in [0.2, 0.25) is 11.8 Å². The van der Waals surface area contributed by atoms with Gasteiger partial charge in [-0.2, -0.15) is 9.97 Å². The van der Waals surface area contributed by atoms with Crippen molar-refractivity contribution in [3.05, 3.63) is 75.9 Å². The number of imide groups is 1. The van der Waals surface area contributed by atoms with Crippen LogP contribution in [0.4, 0.5) is 25.1 Å². The highest BCUT2D eigenvalue weighted by molar-refractivity contribution is 6.90. The van der Waals surface area contributed by atoms with Crippen LogP contribution in [0.15, 0.2) is 42.6 Å². The minimum Gasteiger partial charge on any atom is -0.468 e. The monoisotopic (exact) mass is 1340 g/mol. The summed E-state index contributed by atoms with van der Waals surface area (Å²) < 4.78 is 58.5. The number of likely N-dealkylation sites (tertiary alicyclic amines) is 1. The van der Waals surface area contributed by atoms with Gasteiger partial charge in [0.25, 0.3) is 5.91 Å². The molecular formula is C72H94ClF2N11O8Si. The molecule has 23 heteroatoms. The summed E-state index contributed by atoms with van der Waals surface area (Å²) in [6.45, 7) is 30.9. The molecule has 95 heavy (non-hydrogen) atoms. The second-order valence-electron chi connectivity index (χ2n) is 29.4. The Morgan fingerprint density at radius 1 is 0.779 bits per heavy atom. The molecule has 510 valence electrons. The minimum absolute atomic E-state index is 0.00775. The molecule has 12 rings (SSSR count). The zero-order valence-corrected chi connectivity index (χ0v) is 58.8. The molecule has 5 aromatic rings. The van der Waals surface area contributed by atoms with Crippen molar-refractivity contribution in [1.29, 1.82) is 0 Å². The van der Waals surface area contributed by atoms with Gasteiger partial charge in [-0.1, -0.05) is 65.1 Å². The fraction of sp³-hybridized carbons (Fsp3) is 0.597. The molecule has 3 unspecified atom stereocenters. The predicted octanol–water partition coefficient (Wildman–Crippen LogP) is 11.3. The van der Waals surface area contributed by atoms with E-state index >= 15 is 8.78 Å². The molecule has 19 nitrogen and oxygen atoms in total. The number of nitrogens with zero attached hydrogens (tertiary/aromatic N) is 10. The lowest BCUT2D eigenvalue weighted by Gasteiger charge is -2.42. The van der Waals surface area contributed by atoms with E-state index in [1.807, 2.05) is 37.8 Å². The van der Waals surface area contributed by atoms with Crippen molar-refractivity contribution >= 4 is 76.7 Å². The third-order valence-corrected chi connectivity index (χ3v) is 28.1. The second kappa shape index (κ2) is 28.4. The van der Waals surface area contributed by atoms with Gasteiger partial charge in [0.15, 0.2) is 12.6 Å². The summed E-state index contributed by atoms with van der Waals surface area (Å²) in [5, 5.41) is 4.37. The van der Waals surface area contributed by atoms with Crippen molar-refractivity contribution < 1.29 is 46.9 Å². The number of amides is 4. The number of pyridine rings is 1. The standard InChI is InChI=1S/C72H94ClF2N11O8Si/c1-44(2)95(45(3)4,46(5)6)34-23-54-58(74)15-11-49-35-52(93-43-91-10)36-55(62(49)54)65-64(75)66-56(37-76-65)67(84-40-50-12-13-51(41-84)86(50)71(90)94-72(7,8)9)79-70(78-66)92-33-32-80-24-19-47(20-25-80)38-81-28-30-82(31-29-81)39-48-21-26-83(27-22-48)59-16-14-53-57(63(59)73)42-85(69(53)89)60-17-18-61(87)77-68(60)88/h11,14-16,35-37,44-48,50-51,60H,12-13,17-22,24-33,38-43H2,1-10H3,(H,77,87,88). The van der Waals surface area contributed by atoms with E-state index in [2.05, 4.69) is 82.8 Å². The first kappa shape index (κ1) is 68.2. The molecule has 4 amide bonds. The summed E-state index contributed by atoms with van der Waals surface area (Å²) in [7, 11) is -0.829. The second-order valence-corrected chi connectivity index (χ2v) is 35.3. The Balaban J connectivity index is 0.698. The van der Waals surface area contributed by atoms with Crippen LogP contribution in [-0.4, -0.2) is 201 Å². The summed E-state index contributed by atoms with van der Waals surface area (Å²) in [5.41, 5.74) is 6.60. The molecule has 7 aliphatic heterocycles. The van der Waals surface area contributed by atoms with Gasteiger partial charge in [-0.25, -0.2) is 13.6 Å². The number of piperidine rings is 3. The largest absolute Gasteiger partial charge is 0.468 e. The summed E-state index contributed by atoms with van der Waals surface area (Å²) in [4.78, 5) is 81.8. The van der Waals surface area contributed by atoms with Crippen LogP contribution in [0.25, 0.3) is 32.9 Å². The number of carbonyl (C=O) groups is 4. The number of fused-ring (bicyclic) bond motifs is 5. The zero-order chi connectivity index (χ0) is 67.2. The van der Waals surface area contributed by atoms with Gasteiger partial charge in [-0.05, 0) is 143 Å². The normalized spacial score (nSPS) is 21.4. The lowest BCUT2D eigenvalue weighted by atomic mass is 9.94. The SMILES string of the molecule is COCOc1cc(-c2ncc3c(N4CC5CCC(C4)N5C(=O)OC(C)(C)C)nc(OCCN4CCC(CN5CCN(CC6CCN(c7ccc8c(c7Cl)CN(C7CCC(=O)NC7=O)C8=O)CC6)CC5)CC4)nc3c2F)c2c(C#C[Si](C(C)C)(C(C)C)C(C)C)c(F)ccc2c1. The van der Waals surface area contributed by atoms with Gasteiger partial charge in [0, 0.05) is 120 Å². The number of halogens is 3. The van der Waals surface area contributed by atoms with Crippen LogP contribution in [0, 0.1) is 34.9 Å². The van der Waals surface area contributed by atoms with E-state index in [4.69, 9.17) is 45.5 Å². The molecule has 0 radical (unpaired) electrons. The number of rotatable bonds is 18. The van der Waals surface area contributed by atoms with Crippen LogP contribution in [0.3, 0.4) is 0 Å². The molecule has 0 saturated carbocycles. The fourth-order valence-electron chi connectivity index (χ4n) is 16.5. The van der Waals surface area contributed by atoms with Crippen molar-refractivity contribution in [2.45, 2.75) is 161 Å². The highest BCUT2D eigenvalue weighted by Crippen LogP contribution is 2.45. The van der Waals surface area contributed by atoms with Gasteiger partial charge >= 0.3 is 12.1 Å². The quantitative estimate of drug-likeness (QED) is 0.0379. The number of hydrogen-bond acceptors (Lipinski definition) is 16. The number of nitrogens with one attached hydrogen (secondary N) is 1. The Morgan fingerprint density at radius 3 is 2.05 bits per heavy atom. The van der Waals surface area contributed by atoms with E-state index in [1.165, 1.54) is 13.2 Å². The van der Waals surface area contributed by atoms with E-state index in [9.17, 15) is 19.2 Å². The van der Waals surface area contributed by atoms with Gasteiger partial charge in [-0.15, -0.1) is 5.54 Å². The molecule has 9 heterocycles. The van der Waals surface area contributed by atoms with Gasteiger partial charge in [0.05, 0.1) is 33.7 Å². The van der Waals surface area contributed by atoms with Crippen molar-refractivity contribution in [3.8, 4) is 34.5 Å². The highest BCUT2D eigenvalue weighted by Gasteiger charge is 2.47. The van der Waals surface area contributed by atoms with Crippen molar-refractivity contribution in [3.63, 3.8) is 0 Å². The lowest BCUT2D eigenvalue weighted by molar-refractivity contribution is -0.136. The topological polar surface area (TPSA) is 179 Å². The molecule has 2 bridgehead atoms. The van der Waals surface area contributed by atoms with Crippen LogP contribution in [0.2, 0.25) is 21.6 Å². The maximum absolute atomic E-state index is 18.2. The number of anilines is 2. The van der Waals surface area contributed by atoms with Crippen molar-refractivity contribution in [1.82, 2.24) is 44.8 Å². The van der Waals surface area contributed by atoms with Crippen LogP contribution in [-0.2, 0) is 25.6 Å². The Kier molecular flexibility index (Phi) is 20.4. The van der Waals surface area contributed by atoms with E-state index in [1.54, 1.807) is 29.3 Å². The van der Waals surface area contributed by atoms with Crippen molar-refractivity contribution in [2.75, 3.05) is 115 Å². The first-order chi connectivity index (χ1) is 45.5. The number of carbonyl (C=O) groups excluding carboxylic acids is 4. The van der Waals surface area contributed by atoms with E-state index in [-0.39, 0.29) is 79.1 Å². The number of hydrogen-bond donors (Lipinski definition) is 1. The maximum Gasteiger partial charge on any atom is 0.410 e. The summed E-state index contributed by atoms with van der Waals surface area (Å²) in [6.07, 6.45) is 7.62. The number of ether oxygens (including phenoxy) is 4. The van der Waals surface area contributed by atoms with Gasteiger partial charge in [0.1, 0.15) is 54.9 Å². The predicted molar refractivity (Wildman–Crippen MR) is 368 cm³/mol. The van der Waals surface area contributed by atoms with Crippen molar-refractivity contribution in [2.24, 2.45) is 11.8 Å². The average molecular weight is 1340 g/mol. The Hall–Kier alpha value is -6.74. The van der Waals surface area contributed by atoms with Gasteiger partial charge in [-0.3, -0.25) is 34.5 Å². The molecule has 2 aromatic heterocycles. The average Bonchev–Trinajstić information content (AvgIpc) is 1.64. The number of benzene rings is 3. The number of methoxy groups -OCH3 is 1. The highest BCUT2D eigenvalue weighted by atomic mass is 35.5. The maximum atomic E-state index is 18.2. The smallest absolute Gasteiger partial charge is 0.410 e. The first-order valence-corrected chi connectivity index (χ1v) is 37.1. The molecule has 7 aliphatic rings. The number of piperazine rings is 2. The summed E-state index contributed by atoms with van der Waals surface area (Å²) in [5.74, 6) is 3.22. The minimum atomic E-state index is -2.35. The van der Waals surface area contributed by atoms with E-state index in [0.717, 1.165) is 115 Å². The van der Waals surface area contributed by atoms with E-state index < -0.39 is 37.3 Å². The first-order valence-electron chi connectivity index (χ1n) is 34.5. The molecule has 6 saturated heterocycles. The third kappa shape index (κ3) is 14.2.